The lowest BCUT2D eigenvalue weighted by molar-refractivity contribution is 0.138. The van der Waals surface area contributed by atoms with Gasteiger partial charge in [0.1, 0.15) is 0 Å². The van der Waals surface area contributed by atoms with E-state index < -0.39 is 7.12 Å². The van der Waals surface area contributed by atoms with Gasteiger partial charge in [0.15, 0.2) is 0 Å². The Morgan fingerprint density at radius 1 is 1.12 bits per heavy atom. The molecular weight excluding hydrogens is 299 g/mol. The third kappa shape index (κ3) is 4.23. The summed E-state index contributed by atoms with van der Waals surface area (Å²) in [6.07, 6.45) is 2.17. The van der Waals surface area contributed by atoms with E-state index in [-0.39, 0.29) is 6.10 Å². The molecule has 1 aliphatic heterocycles. The van der Waals surface area contributed by atoms with Crippen molar-refractivity contribution in [2.24, 2.45) is 0 Å². The van der Waals surface area contributed by atoms with Gasteiger partial charge in [0, 0.05) is 6.32 Å². The summed E-state index contributed by atoms with van der Waals surface area (Å²) in [5.41, 5.74) is 4.01. The summed E-state index contributed by atoms with van der Waals surface area (Å²) in [6, 6.07) is 19.9. The average molecular weight is 320 g/mol. The molecule has 24 heavy (non-hydrogen) atoms. The second-order valence-electron chi connectivity index (χ2n) is 5.86. The molecule has 1 N–H and O–H groups in total. The van der Waals surface area contributed by atoms with E-state index in [9.17, 15) is 5.02 Å². The Labute approximate surface area is 143 Å². The summed E-state index contributed by atoms with van der Waals surface area (Å²) in [4.78, 5) is 0. The Bertz CT molecular complexity index is 697. The molecule has 2 aromatic rings. The molecule has 0 fully saturated rings. The summed E-state index contributed by atoms with van der Waals surface area (Å²) < 4.78 is 11.5. The van der Waals surface area contributed by atoms with Crippen molar-refractivity contribution in [3.8, 4) is 0 Å². The quantitative estimate of drug-likeness (QED) is 0.820. The smallest absolute Gasteiger partial charge is 0.427 e. The fraction of sp³-hybridized carbons (Fsp3) is 0.200. The van der Waals surface area contributed by atoms with Crippen molar-refractivity contribution in [1.29, 1.82) is 0 Å². The van der Waals surface area contributed by atoms with Crippen molar-refractivity contribution in [1.82, 2.24) is 0 Å². The monoisotopic (exact) mass is 320 g/mol. The number of benzene rings is 2. The van der Waals surface area contributed by atoms with Crippen molar-refractivity contribution < 1.29 is 14.4 Å². The third-order valence-corrected chi connectivity index (χ3v) is 4.01. The maximum atomic E-state index is 9.84. The lowest BCUT2D eigenvalue weighted by Crippen LogP contribution is -2.27. The first-order valence-electron chi connectivity index (χ1n) is 8.12. The standard InChI is InChI=1S/C20H21BO3/c1-16(14-23-15-17-8-4-2-5-9-17)19-12-13-21(22)24-20(19)18-10-6-3-7-11-18/h2-12,20,22H,1,13-15H2. The van der Waals surface area contributed by atoms with Crippen LogP contribution in [0.25, 0.3) is 0 Å². The molecule has 1 heterocycles. The summed E-state index contributed by atoms with van der Waals surface area (Å²) >= 11 is 0. The average Bonchev–Trinajstić information content (AvgIpc) is 2.63. The summed E-state index contributed by atoms with van der Waals surface area (Å²) in [6.45, 7) is 5.14. The first kappa shape index (κ1) is 16.7. The summed E-state index contributed by atoms with van der Waals surface area (Å²) in [5.74, 6) is 0. The van der Waals surface area contributed by atoms with E-state index in [1.54, 1.807) is 0 Å². The van der Waals surface area contributed by atoms with E-state index in [0.29, 0.717) is 19.5 Å². The first-order valence-corrected chi connectivity index (χ1v) is 8.12. The molecule has 0 radical (unpaired) electrons. The van der Waals surface area contributed by atoms with Gasteiger partial charge in [0.2, 0.25) is 0 Å². The van der Waals surface area contributed by atoms with Crippen LogP contribution in [0.3, 0.4) is 0 Å². The number of hydrogen-bond donors (Lipinski definition) is 1. The molecule has 0 saturated heterocycles. The van der Waals surface area contributed by atoms with Crippen LogP contribution >= 0.6 is 0 Å². The zero-order valence-electron chi connectivity index (χ0n) is 13.6. The van der Waals surface area contributed by atoms with E-state index in [4.69, 9.17) is 9.39 Å². The minimum absolute atomic E-state index is 0.303. The highest BCUT2D eigenvalue weighted by molar-refractivity contribution is 6.43. The van der Waals surface area contributed by atoms with Crippen LogP contribution in [0.5, 0.6) is 0 Å². The molecule has 0 saturated carbocycles. The highest BCUT2D eigenvalue weighted by Gasteiger charge is 2.29. The van der Waals surface area contributed by atoms with Gasteiger partial charge in [-0.15, -0.1) is 0 Å². The fourth-order valence-corrected chi connectivity index (χ4v) is 2.79. The van der Waals surface area contributed by atoms with Gasteiger partial charge >= 0.3 is 7.12 Å². The number of ether oxygens (including phenoxy) is 1. The Morgan fingerprint density at radius 3 is 2.50 bits per heavy atom. The van der Waals surface area contributed by atoms with E-state index in [1.165, 1.54) is 0 Å². The van der Waals surface area contributed by atoms with Crippen LogP contribution in [0.2, 0.25) is 6.32 Å². The molecule has 1 aliphatic rings. The van der Waals surface area contributed by atoms with Gasteiger partial charge in [-0.3, -0.25) is 0 Å². The second-order valence-corrected chi connectivity index (χ2v) is 5.86. The molecule has 3 nitrogen and oxygen atoms in total. The van der Waals surface area contributed by atoms with Crippen molar-refractivity contribution >= 4 is 7.12 Å². The highest BCUT2D eigenvalue weighted by Crippen LogP contribution is 2.34. The Hall–Kier alpha value is -2.14. The van der Waals surface area contributed by atoms with E-state index >= 15 is 0 Å². The van der Waals surface area contributed by atoms with Crippen LogP contribution in [0.1, 0.15) is 17.2 Å². The Balaban J connectivity index is 1.65. The van der Waals surface area contributed by atoms with Crippen molar-refractivity contribution in [2.45, 2.75) is 19.0 Å². The molecule has 0 spiro atoms. The van der Waals surface area contributed by atoms with Crippen molar-refractivity contribution in [2.75, 3.05) is 6.61 Å². The topological polar surface area (TPSA) is 38.7 Å². The normalized spacial score (nSPS) is 17.5. The van der Waals surface area contributed by atoms with Crippen LogP contribution in [-0.2, 0) is 16.0 Å². The number of allylic oxidation sites excluding steroid dienone is 1. The molecule has 3 rings (SSSR count). The van der Waals surface area contributed by atoms with Gasteiger partial charge in [-0.2, -0.15) is 0 Å². The van der Waals surface area contributed by atoms with Gasteiger partial charge < -0.3 is 14.4 Å². The molecular formula is C20H21BO3. The zero-order chi connectivity index (χ0) is 16.8. The van der Waals surface area contributed by atoms with Gasteiger partial charge in [0.25, 0.3) is 0 Å². The molecule has 4 heteroatoms. The molecule has 0 aliphatic carbocycles. The van der Waals surface area contributed by atoms with Crippen molar-refractivity contribution in [3.05, 3.63) is 95.6 Å². The molecule has 0 amide bonds. The molecule has 0 bridgehead atoms. The molecule has 122 valence electrons. The maximum Gasteiger partial charge on any atom is 0.458 e. The maximum absolute atomic E-state index is 9.84. The Kier molecular flexibility index (Phi) is 5.65. The van der Waals surface area contributed by atoms with E-state index in [0.717, 1.165) is 22.3 Å². The van der Waals surface area contributed by atoms with Crippen molar-refractivity contribution in [3.63, 3.8) is 0 Å². The van der Waals surface area contributed by atoms with E-state index in [1.807, 2.05) is 66.7 Å². The third-order valence-electron chi connectivity index (χ3n) is 4.01. The fourth-order valence-electron chi connectivity index (χ4n) is 2.79. The van der Waals surface area contributed by atoms with Gasteiger partial charge in [-0.25, -0.2) is 0 Å². The lowest BCUT2D eigenvalue weighted by Gasteiger charge is -2.28. The molecule has 1 unspecified atom stereocenters. The molecule has 0 aromatic heterocycles. The summed E-state index contributed by atoms with van der Waals surface area (Å²) in [5, 5.41) is 9.84. The van der Waals surface area contributed by atoms with Gasteiger partial charge in [0.05, 0.1) is 19.3 Å². The number of rotatable bonds is 6. The van der Waals surface area contributed by atoms with Crippen LogP contribution in [0.4, 0.5) is 0 Å². The first-order chi connectivity index (χ1) is 11.7. The Morgan fingerprint density at radius 2 is 1.79 bits per heavy atom. The van der Waals surface area contributed by atoms with Crippen LogP contribution in [-0.4, -0.2) is 18.7 Å². The van der Waals surface area contributed by atoms with Crippen LogP contribution in [0.15, 0.2) is 84.5 Å². The predicted octanol–water partition coefficient (Wildman–Crippen LogP) is 3.94. The van der Waals surface area contributed by atoms with Crippen LogP contribution in [0, 0.1) is 0 Å². The van der Waals surface area contributed by atoms with Gasteiger partial charge in [-0.1, -0.05) is 73.3 Å². The highest BCUT2D eigenvalue weighted by atomic mass is 16.5. The summed E-state index contributed by atoms with van der Waals surface area (Å²) in [7, 11) is -0.781. The number of hydrogen-bond acceptors (Lipinski definition) is 3. The predicted molar refractivity (Wildman–Crippen MR) is 96.4 cm³/mol. The zero-order valence-corrected chi connectivity index (χ0v) is 13.6. The lowest BCUT2D eigenvalue weighted by atomic mass is 9.77. The van der Waals surface area contributed by atoms with E-state index in [2.05, 4.69) is 6.58 Å². The molecule has 2 aromatic carbocycles. The van der Waals surface area contributed by atoms with Gasteiger partial charge in [-0.05, 0) is 22.3 Å². The molecule has 1 atom stereocenters. The van der Waals surface area contributed by atoms with Crippen LogP contribution < -0.4 is 0 Å². The minimum Gasteiger partial charge on any atom is -0.427 e. The largest absolute Gasteiger partial charge is 0.458 e. The minimum atomic E-state index is -0.781. The SMILES string of the molecule is C=C(COCc1ccccc1)C1=CCB(O)OC1c1ccccc1. The second kappa shape index (κ2) is 8.11.